The highest BCUT2D eigenvalue weighted by molar-refractivity contribution is 5.98. The first kappa shape index (κ1) is 15.9. The van der Waals surface area contributed by atoms with Crippen LogP contribution in [0.3, 0.4) is 0 Å². The van der Waals surface area contributed by atoms with E-state index in [1.54, 1.807) is 37.4 Å². The normalized spacial score (nSPS) is 10.6. The molecular formula is C20H18O4. The number of carbonyl (C=O) groups is 1. The van der Waals surface area contributed by atoms with Crippen molar-refractivity contribution in [2.75, 3.05) is 13.7 Å². The van der Waals surface area contributed by atoms with Crippen molar-refractivity contribution in [1.82, 2.24) is 0 Å². The number of benzene rings is 3. The van der Waals surface area contributed by atoms with Crippen molar-refractivity contribution in [2.24, 2.45) is 0 Å². The van der Waals surface area contributed by atoms with Gasteiger partial charge >= 0.3 is 0 Å². The molecule has 1 N–H and O–H groups in total. The predicted molar refractivity (Wildman–Crippen MR) is 93.2 cm³/mol. The number of fused-ring (bicyclic) bond motifs is 1. The molecule has 0 aliphatic carbocycles. The lowest BCUT2D eigenvalue weighted by atomic mass is 10.0. The van der Waals surface area contributed by atoms with E-state index in [1.807, 2.05) is 31.2 Å². The van der Waals surface area contributed by atoms with E-state index in [1.165, 1.54) is 0 Å². The number of hydrogen-bond donors (Lipinski definition) is 1. The van der Waals surface area contributed by atoms with Gasteiger partial charge in [0.25, 0.3) is 0 Å². The summed E-state index contributed by atoms with van der Waals surface area (Å²) in [6, 6.07) is 16.0. The first-order valence-corrected chi connectivity index (χ1v) is 7.61. The average molecular weight is 322 g/mol. The van der Waals surface area contributed by atoms with Gasteiger partial charge in [0.15, 0.2) is 12.4 Å². The Kier molecular flexibility index (Phi) is 4.38. The quantitative estimate of drug-likeness (QED) is 0.718. The number of phenolic OH excluding ortho intramolecular Hbond substituents is 1. The van der Waals surface area contributed by atoms with E-state index in [0.717, 1.165) is 10.9 Å². The average Bonchev–Trinajstić information content (AvgIpc) is 2.61. The number of hydrogen-bond acceptors (Lipinski definition) is 4. The Morgan fingerprint density at radius 1 is 1.04 bits per heavy atom. The Bertz CT molecular complexity index is 882. The van der Waals surface area contributed by atoms with E-state index in [4.69, 9.17) is 9.47 Å². The molecule has 3 aromatic carbocycles. The molecule has 0 unspecified atom stereocenters. The second kappa shape index (κ2) is 6.62. The molecule has 0 bridgehead atoms. The lowest BCUT2D eigenvalue weighted by molar-refractivity contribution is 0.0922. The molecule has 0 atom stereocenters. The van der Waals surface area contributed by atoms with Gasteiger partial charge in [-0.25, -0.2) is 0 Å². The number of carbonyl (C=O) groups excluding carboxylic acids is 1. The van der Waals surface area contributed by atoms with Crippen LogP contribution in [0.1, 0.15) is 15.9 Å². The SMILES string of the molecule is COc1ccc(C(=O)COc2c(C)cc(O)c3ccccc23)cc1. The molecule has 3 aromatic rings. The van der Waals surface area contributed by atoms with E-state index in [0.29, 0.717) is 22.4 Å². The van der Waals surface area contributed by atoms with Gasteiger partial charge in [0.2, 0.25) is 0 Å². The molecule has 0 radical (unpaired) electrons. The van der Waals surface area contributed by atoms with Crippen molar-refractivity contribution in [3.05, 3.63) is 65.7 Å². The van der Waals surface area contributed by atoms with Crippen molar-refractivity contribution in [2.45, 2.75) is 6.92 Å². The lowest BCUT2D eigenvalue weighted by Gasteiger charge is -2.13. The van der Waals surface area contributed by atoms with Crippen LogP contribution in [0.2, 0.25) is 0 Å². The van der Waals surface area contributed by atoms with Crippen molar-refractivity contribution >= 4 is 16.6 Å². The summed E-state index contributed by atoms with van der Waals surface area (Å²) in [5.74, 6) is 1.41. The number of methoxy groups -OCH3 is 1. The van der Waals surface area contributed by atoms with Crippen LogP contribution in [-0.4, -0.2) is 24.6 Å². The fourth-order valence-corrected chi connectivity index (χ4v) is 2.65. The third kappa shape index (κ3) is 3.04. The summed E-state index contributed by atoms with van der Waals surface area (Å²) in [5, 5.41) is 11.5. The largest absolute Gasteiger partial charge is 0.507 e. The van der Waals surface area contributed by atoms with Crippen molar-refractivity contribution in [1.29, 1.82) is 0 Å². The van der Waals surface area contributed by atoms with Gasteiger partial charge in [-0.2, -0.15) is 0 Å². The van der Waals surface area contributed by atoms with Crippen LogP contribution in [0, 0.1) is 6.92 Å². The summed E-state index contributed by atoms with van der Waals surface area (Å²) in [6.45, 7) is 1.78. The molecule has 0 fully saturated rings. The zero-order chi connectivity index (χ0) is 17.1. The van der Waals surface area contributed by atoms with Gasteiger partial charge in [-0.05, 0) is 42.8 Å². The van der Waals surface area contributed by atoms with Crippen molar-refractivity contribution in [3.8, 4) is 17.2 Å². The third-order valence-electron chi connectivity index (χ3n) is 3.92. The van der Waals surface area contributed by atoms with Crippen LogP contribution in [-0.2, 0) is 0 Å². The second-order valence-corrected chi connectivity index (χ2v) is 5.53. The molecule has 122 valence electrons. The van der Waals surface area contributed by atoms with E-state index < -0.39 is 0 Å². The third-order valence-corrected chi connectivity index (χ3v) is 3.92. The number of ketones is 1. The number of phenols is 1. The maximum atomic E-state index is 12.3. The number of aryl methyl sites for hydroxylation is 1. The molecule has 0 heterocycles. The van der Waals surface area contributed by atoms with Gasteiger partial charge in [0.1, 0.15) is 17.2 Å². The van der Waals surface area contributed by atoms with Crippen LogP contribution in [0.15, 0.2) is 54.6 Å². The predicted octanol–water partition coefficient (Wildman–Crippen LogP) is 4.12. The molecular weight excluding hydrogens is 304 g/mol. The van der Waals surface area contributed by atoms with Gasteiger partial charge < -0.3 is 14.6 Å². The molecule has 0 saturated heterocycles. The second-order valence-electron chi connectivity index (χ2n) is 5.53. The maximum absolute atomic E-state index is 12.3. The fourth-order valence-electron chi connectivity index (χ4n) is 2.65. The molecule has 0 aliphatic rings. The Morgan fingerprint density at radius 2 is 1.71 bits per heavy atom. The Morgan fingerprint density at radius 3 is 2.38 bits per heavy atom. The summed E-state index contributed by atoms with van der Waals surface area (Å²) >= 11 is 0. The monoisotopic (exact) mass is 322 g/mol. The Labute approximate surface area is 140 Å². The van der Waals surface area contributed by atoms with Crippen LogP contribution in [0.5, 0.6) is 17.2 Å². The minimum atomic E-state index is -0.116. The van der Waals surface area contributed by atoms with Crippen LogP contribution in [0.25, 0.3) is 10.8 Å². The first-order valence-electron chi connectivity index (χ1n) is 7.61. The zero-order valence-electron chi connectivity index (χ0n) is 13.6. The molecule has 24 heavy (non-hydrogen) atoms. The van der Waals surface area contributed by atoms with E-state index >= 15 is 0 Å². The molecule has 0 saturated carbocycles. The highest BCUT2D eigenvalue weighted by Crippen LogP contribution is 2.35. The summed E-state index contributed by atoms with van der Waals surface area (Å²) in [6.07, 6.45) is 0. The van der Waals surface area contributed by atoms with E-state index in [-0.39, 0.29) is 18.1 Å². The van der Waals surface area contributed by atoms with E-state index in [2.05, 4.69) is 0 Å². The van der Waals surface area contributed by atoms with Crippen LogP contribution in [0.4, 0.5) is 0 Å². The molecule has 4 nitrogen and oxygen atoms in total. The Hall–Kier alpha value is -3.01. The Balaban J connectivity index is 1.84. The highest BCUT2D eigenvalue weighted by Gasteiger charge is 2.13. The smallest absolute Gasteiger partial charge is 0.200 e. The summed E-state index contributed by atoms with van der Waals surface area (Å²) in [7, 11) is 1.58. The standard InChI is InChI=1S/C20H18O4/c1-13-11-18(21)16-5-3-4-6-17(16)20(13)24-12-19(22)14-7-9-15(23-2)10-8-14/h3-11,21H,12H2,1-2H3. The van der Waals surface area contributed by atoms with Gasteiger partial charge in [-0.1, -0.05) is 24.3 Å². The van der Waals surface area contributed by atoms with Gasteiger partial charge in [-0.15, -0.1) is 0 Å². The number of rotatable bonds is 5. The van der Waals surface area contributed by atoms with Crippen molar-refractivity contribution in [3.63, 3.8) is 0 Å². The topological polar surface area (TPSA) is 55.8 Å². The first-order chi connectivity index (χ1) is 11.6. The van der Waals surface area contributed by atoms with Crippen LogP contribution < -0.4 is 9.47 Å². The number of Topliss-reactive ketones (excluding diaryl/α,β-unsaturated/α-hetero) is 1. The molecule has 0 amide bonds. The molecule has 4 heteroatoms. The maximum Gasteiger partial charge on any atom is 0.200 e. The zero-order valence-corrected chi connectivity index (χ0v) is 13.6. The number of aromatic hydroxyl groups is 1. The van der Waals surface area contributed by atoms with Crippen molar-refractivity contribution < 1.29 is 19.4 Å². The summed E-state index contributed by atoms with van der Waals surface area (Å²) in [4.78, 5) is 12.3. The summed E-state index contributed by atoms with van der Waals surface area (Å²) < 4.78 is 10.9. The molecule has 0 aliphatic heterocycles. The van der Waals surface area contributed by atoms with Gasteiger partial charge in [-0.3, -0.25) is 4.79 Å². The van der Waals surface area contributed by atoms with Gasteiger partial charge in [0, 0.05) is 16.3 Å². The highest BCUT2D eigenvalue weighted by atomic mass is 16.5. The minimum absolute atomic E-state index is 0.0675. The summed E-state index contributed by atoms with van der Waals surface area (Å²) in [5.41, 5.74) is 1.35. The lowest BCUT2D eigenvalue weighted by Crippen LogP contribution is -2.12. The molecule has 0 aromatic heterocycles. The molecule has 3 rings (SSSR count). The van der Waals surface area contributed by atoms with Crippen LogP contribution >= 0.6 is 0 Å². The van der Waals surface area contributed by atoms with E-state index in [9.17, 15) is 9.90 Å². The number of ether oxygens (including phenoxy) is 2. The fraction of sp³-hybridized carbons (Fsp3) is 0.150. The molecule has 0 spiro atoms. The minimum Gasteiger partial charge on any atom is -0.507 e. The van der Waals surface area contributed by atoms with Gasteiger partial charge in [0.05, 0.1) is 7.11 Å².